The molecule has 1 heterocycles. The predicted octanol–water partition coefficient (Wildman–Crippen LogP) is 2.67. The maximum Gasteiger partial charge on any atom is 0.271 e. The fourth-order valence-electron chi connectivity index (χ4n) is 1.62. The maximum atomic E-state index is 11.7. The summed E-state index contributed by atoms with van der Waals surface area (Å²) < 4.78 is 0. The van der Waals surface area contributed by atoms with E-state index >= 15 is 0 Å². The van der Waals surface area contributed by atoms with Gasteiger partial charge in [-0.15, -0.1) is 0 Å². The van der Waals surface area contributed by atoms with Crippen LogP contribution in [0.5, 0.6) is 0 Å². The van der Waals surface area contributed by atoms with Crippen molar-refractivity contribution in [3.8, 4) is 0 Å². The third-order valence-electron chi connectivity index (χ3n) is 2.74. The number of hydrogen-bond donors (Lipinski definition) is 2. The van der Waals surface area contributed by atoms with Gasteiger partial charge in [0.15, 0.2) is 0 Å². The molecule has 104 valence electrons. The summed E-state index contributed by atoms with van der Waals surface area (Å²) in [7, 11) is 0. The number of hydrogen-bond acceptors (Lipinski definition) is 4. The molecule has 0 bridgehead atoms. The van der Waals surface area contributed by atoms with Crippen LogP contribution in [-0.4, -0.2) is 22.4 Å². The Morgan fingerprint density at radius 3 is 2.50 bits per heavy atom. The Kier molecular flexibility index (Phi) is 4.65. The molecule has 0 unspecified atom stereocenters. The van der Waals surface area contributed by atoms with E-state index in [1.165, 1.54) is 11.8 Å². The van der Waals surface area contributed by atoms with E-state index in [0.29, 0.717) is 18.1 Å². The molecule has 1 aromatic heterocycles. The number of benzene rings is 1. The van der Waals surface area contributed by atoms with Crippen LogP contribution in [-0.2, 0) is 0 Å². The Morgan fingerprint density at radius 2 is 1.90 bits per heavy atom. The van der Waals surface area contributed by atoms with Crippen LogP contribution in [0.3, 0.4) is 0 Å². The lowest BCUT2D eigenvalue weighted by atomic mass is 10.2. The lowest BCUT2D eigenvalue weighted by molar-refractivity contribution is 0.0948. The Bertz CT molecular complexity index is 563. The van der Waals surface area contributed by atoms with Crippen LogP contribution in [0.15, 0.2) is 36.7 Å². The summed E-state index contributed by atoms with van der Waals surface area (Å²) in [6.07, 6.45) is 3.93. The van der Waals surface area contributed by atoms with Crippen molar-refractivity contribution >= 4 is 17.4 Å². The highest BCUT2D eigenvalue weighted by atomic mass is 16.1. The predicted molar refractivity (Wildman–Crippen MR) is 79.1 cm³/mol. The van der Waals surface area contributed by atoms with E-state index in [2.05, 4.69) is 20.6 Å². The van der Waals surface area contributed by atoms with Gasteiger partial charge in [-0.2, -0.15) is 0 Å². The molecule has 0 spiro atoms. The van der Waals surface area contributed by atoms with Crippen molar-refractivity contribution in [2.24, 2.45) is 0 Å². The van der Waals surface area contributed by atoms with E-state index in [-0.39, 0.29) is 5.91 Å². The van der Waals surface area contributed by atoms with Crippen LogP contribution in [0.2, 0.25) is 0 Å². The number of aryl methyl sites for hydroxylation is 1. The zero-order valence-electron chi connectivity index (χ0n) is 11.7. The van der Waals surface area contributed by atoms with E-state index in [9.17, 15) is 4.79 Å². The number of carbonyl (C=O) groups excluding carboxylic acids is 1. The van der Waals surface area contributed by atoms with E-state index in [1.807, 2.05) is 38.1 Å². The molecule has 0 aliphatic heterocycles. The Labute approximate surface area is 118 Å². The fraction of sp³-hybridized carbons (Fsp3) is 0.267. The lowest BCUT2D eigenvalue weighted by Crippen LogP contribution is -2.25. The topological polar surface area (TPSA) is 66.9 Å². The van der Waals surface area contributed by atoms with Gasteiger partial charge in [-0.1, -0.05) is 24.6 Å². The number of aromatic nitrogens is 2. The minimum Gasteiger partial charge on any atom is -0.351 e. The molecular weight excluding hydrogens is 252 g/mol. The largest absolute Gasteiger partial charge is 0.351 e. The molecule has 0 aliphatic rings. The Balaban J connectivity index is 2.01. The molecule has 0 radical (unpaired) electrons. The number of amides is 1. The normalized spacial score (nSPS) is 10.1. The van der Waals surface area contributed by atoms with Crippen molar-refractivity contribution in [2.45, 2.75) is 20.3 Å². The second-order valence-corrected chi connectivity index (χ2v) is 4.53. The van der Waals surface area contributed by atoms with Gasteiger partial charge in [-0.3, -0.25) is 4.79 Å². The molecule has 0 saturated carbocycles. The van der Waals surface area contributed by atoms with Gasteiger partial charge in [0.2, 0.25) is 0 Å². The summed E-state index contributed by atoms with van der Waals surface area (Å²) in [6, 6.07) is 7.97. The summed E-state index contributed by atoms with van der Waals surface area (Å²) in [4.78, 5) is 20.0. The van der Waals surface area contributed by atoms with E-state index < -0.39 is 0 Å². The van der Waals surface area contributed by atoms with Crippen molar-refractivity contribution in [3.63, 3.8) is 0 Å². The molecule has 0 saturated heterocycles. The maximum absolute atomic E-state index is 11.7. The average Bonchev–Trinajstić information content (AvgIpc) is 2.48. The highest BCUT2D eigenvalue weighted by molar-refractivity contribution is 5.92. The highest BCUT2D eigenvalue weighted by Crippen LogP contribution is 2.14. The number of nitrogens with zero attached hydrogens (tertiary/aromatic N) is 2. The minimum atomic E-state index is -0.193. The second kappa shape index (κ2) is 6.65. The van der Waals surface area contributed by atoms with Crippen molar-refractivity contribution in [3.05, 3.63) is 47.9 Å². The zero-order chi connectivity index (χ0) is 14.4. The van der Waals surface area contributed by atoms with Gasteiger partial charge in [0, 0.05) is 12.2 Å². The van der Waals surface area contributed by atoms with Gasteiger partial charge in [-0.05, 0) is 25.5 Å². The van der Waals surface area contributed by atoms with E-state index in [0.717, 1.165) is 12.1 Å². The molecule has 1 amide bonds. The molecule has 0 atom stereocenters. The molecule has 5 nitrogen and oxygen atoms in total. The van der Waals surface area contributed by atoms with Crippen LogP contribution in [0.4, 0.5) is 11.5 Å². The third-order valence-corrected chi connectivity index (χ3v) is 2.74. The molecule has 0 aliphatic carbocycles. The van der Waals surface area contributed by atoms with Crippen LogP contribution >= 0.6 is 0 Å². The van der Waals surface area contributed by atoms with E-state index in [4.69, 9.17) is 0 Å². The van der Waals surface area contributed by atoms with Crippen LogP contribution in [0, 0.1) is 6.92 Å². The molecule has 2 aromatic rings. The number of anilines is 2. The molecule has 1 aromatic carbocycles. The zero-order valence-corrected chi connectivity index (χ0v) is 11.7. The highest BCUT2D eigenvalue weighted by Gasteiger charge is 2.06. The second-order valence-electron chi connectivity index (χ2n) is 4.53. The van der Waals surface area contributed by atoms with Crippen LogP contribution < -0.4 is 10.6 Å². The monoisotopic (exact) mass is 270 g/mol. The van der Waals surface area contributed by atoms with Gasteiger partial charge in [0.05, 0.1) is 12.4 Å². The van der Waals surface area contributed by atoms with Crippen molar-refractivity contribution in [2.75, 3.05) is 11.9 Å². The Hall–Kier alpha value is -2.43. The first kappa shape index (κ1) is 14.0. The summed E-state index contributed by atoms with van der Waals surface area (Å²) >= 11 is 0. The number of rotatable bonds is 5. The third kappa shape index (κ3) is 3.78. The SMILES string of the molecule is CCCNC(=O)c1cnc(Nc2ccc(C)cc2)cn1. The van der Waals surface area contributed by atoms with Crippen molar-refractivity contribution < 1.29 is 4.79 Å². The molecule has 2 N–H and O–H groups in total. The fourth-order valence-corrected chi connectivity index (χ4v) is 1.62. The summed E-state index contributed by atoms with van der Waals surface area (Å²) in [5.74, 6) is 0.419. The smallest absolute Gasteiger partial charge is 0.271 e. The summed E-state index contributed by atoms with van der Waals surface area (Å²) in [6.45, 7) is 4.68. The lowest BCUT2D eigenvalue weighted by Gasteiger charge is -2.06. The molecule has 20 heavy (non-hydrogen) atoms. The first-order chi connectivity index (χ1) is 9.69. The number of carbonyl (C=O) groups is 1. The van der Waals surface area contributed by atoms with Gasteiger partial charge in [0.25, 0.3) is 5.91 Å². The van der Waals surface area contributed by atoms with Crippen LogP contribution in [0.25, 0.3) is 0 Å². The standard InChI is InChI=1S/C15H18N4O/c1-3-8-16-15(20)13-9-18-14(10-17-13)19-12-6-4-11(2)5-7-12/h4-7,9-10H,3,8H2,1-2H3,(H,16,20)(H,18,19). The molecule has 2 rings (SSSR count). The molecular formula is C15H18N4O. The van der Waals surface area contributed by atoms with Crippen molar-refractivity contribution in [1.82, 2.24) is 15.3 Å². The van der Waals surface area contributed by atoms with Gasteiger partial charge >= 0.3 is 0 Å². The Morgan fingerprint density at radius 1 is 1.15 bits per heavy atom. The van der Waals surface area contributed by atoms with Crippen LogP contribution in [0.1, 0.15) is 29.4 Å². The van der Waals surface area contributed by atoms with Gasteiger partial charge in [-0.25, -0.2) is 9.97 Å². The van der Waals surface area contributed by atoms with E-state index in [1.54, 1.807) is 6.20 Å². The first-order valence-electron chi connectivity index (χ1n) is 6.63. The summed E-state index contributed by atoms with van der Waals surface area (Å²) in [5.41, 5.74) is 2.46. The summed E-state index contributed by atoms with van der Waals surface area (Å²) in [5, 5.41) is 5.90. The quantitative estimate of drug-likeness (QED) is 0.876. The minimum absolute atomic E-state index is 0.193. The number of nitrogens with one attached hydrogen (secondary N) is 2. The first-order valence-corrected chi connectivity index (χ1v) is 6.63. The molecule has 0 fully saturated rings. The van der Waals surface area contributed by atoms with Gasteiger partial charge in [0.1, 0.15) is 11.5 Å². The van der Waals surface area contributed by atoms with Gasteiger partial charge < -0.3 is 10.6 Å². The average molecular weight is 270 g/mol. The molecule has 5 heteroatoms. The van der Waals surface area contributed by atoms with Crippen molar-refractivity contribution in [1.29, 1.82) is 0 Å².